The van der Waals surface area contributed by atoms with E-state index in [1.807, 2.05) is 50.3 Å². The molecule has 0 aliphatic heterocycles. The number of aryl methyl sites for hydroxylation is 1. The number of carbonyl (C=O) groups excluding carboxylic acids is 1. The van der Waals surface area contributed by atoms with E-state index in [4.69, 9.17) is 0 Å². The second-order valence-corrected chi connectivity index (χ2v) is 4.63. The average molecular weight is 223 g/mol. The van der Waals surface area contributed by atoms with Crippen LogP contribution >= 0.6 is 0 Å². The molecule has 2 nitrogen and oxygen atoms in total. The summed E-state index contributed by atoms with van der Waals surface area (Å²) in [5.74, 6) is 0.129. The zero-order chi connectivity index (χ0) is 12.0. The van der Waals surface area contributed by atoms with E-state index >= 15 is 0 Å². The monoisotopic (exact) mass is 223 g/mol. The molecule has 1 aromatic carbocycles. The van der Waals surface area contributed by atoms with Gasteiger partial charge in [0.1, 0.15) is 0 Å². The lowest BCUT2D eigenvalue weighted by atomic mass is 9.91. The second kappa shape index (κ2) is 3.52. The Morgan fingerprint density at radius 1 is 1.24 bits per heavy atom. The molecule has 0 spiro atoms. The molecule has 0 saturated heterocycles. The third-order valence-electron chi connectivity index (χ3n) is 3.22. The highest BCUT2D eigenvalue weighted by molar-refractivity contribution is 6.06. The van der Waals surface area contributed by atoms with Crippen molar-refractivity contribution in [3.63, 3.8) is 0 Å². The van der Waals surface area contributed by atoms with Crippen LogP contribution in [0.25, 0.3) is 17.0 Å². The van der Waals surface area contributed by atoms with Gasteiger partial charge in [0.05, 0.1) is 11.2 Å². The number of rotatable bonds is 0. The van der Waals surface area contributed by atoms with E-state index in [0.29, 0.717) is 0 Å². The molecule has 1 aliphatic rings. The number of Topliss-reactive ketones (excluding diaryl/α,β-unsaturated/α-hetero) is 1. The van der Waals surface area contributed by atoms with Crippen molar-refractivity contribution in [2.45, 2.75) is 13.8 Å². The van der Waals surface area contributed by atoms with Crippen molar-refractivity contribution in [1.29, 1.82) is 0 Å². The summed E-state index contributed by atoms with van der Waals surface area (Å²) in [5.41, 5.74) is 3.68. The van der Waals surface area contributed by atoms with Crippen LogP contribution in [-0.2, 0) is 0 Å². The first-order valence-electron chi connectivity index (χ1n) is 5.79. The van der Waals surface area contributed by atoms with Gasteiger partial charge in [-0.15, -0.1) is 0 Å². The van der Waals surface area contributed by atoms with Crippen molar-refractivity contribution in [1.82, 2.24) is 4.98 Å². The molecule has 1 unspecified atom stereocenters. The van der Waals surface area contributed by atoms with Gasteiger partial charge < -0.3 is 0 Å². The Bertz CT molecular complexity index is 655. The van der Waals surface area contributed by atoms with Gasteiger partial charge in [0.15, 0.2) is 5.78 Å². The number of carbonyl (C=O) groups is 1. The minimum atomic E-state index is -0.0350. The summed E-state index contributed by atoms with van der Waals surface area (Å²) >= 11 is 0. The normalized spacial score (nSPS) is 18.5. The van der Waals surface area contributed by atoms with E-state index in [1.54, 1.807) is 0 Å². The predicted octanol–water partition coefficient (Wildman–Crippen LogP) is 3.39. The lowest BCUT2D eigenvalue weighted by Crippen LogP contribution is -2.15. The summed E-state index contributed by atoms with van der Waals surface area (Å²) in [6.07, 6.45) is 3.86. The predicted molar refractivity (Wildman–Crippen MR) is 69.0 cm³/mol. The van der Waals surface area contributed by atoms with Crippen LogP contribution in [-0.4, -0.2) is 10.8 Å². The molecule has 0 amide bonds. The van der Waals surface area contributed by atoms with Gasteiger partial charge in [-0.2, -0.15) is 0 Å². The molecule has 0 radical (unpaired) electrons. The molecule has 1 heterocycles. The highest BCUT2D eigenvalue weighted by atomic mass is 16.1. The molecule has 2 heteroatoms. The Kier molecular flexibility index (Phi) is 2.11. The molecule has 0 fully saturated rings. The minimum Gasteiger partial charge on any atom is -0.293 e. The summed E-state index contributed by atoms with van der Waals surface area (Å²) in [6, 6.07) is 8.07. The van der Waals surface area contributed by atoms with Gasteiger partial charge in [-0.1, -0.05) is 25.1 Å². The topological polar surface area (TPSA) is 30.0 Å². The number of allylic oxidation sites excluding steroid dienone is 1. The molecule has 1 atom stereocenters. The van der Waals surface area contributed by atoms with Crippen LogP contribution in [0, 0.1) is 12.8 Å². The quantitative estimate of drug-likeness (QED) is 0.685. The van der Waals surface area contributed by atoms with Crippen LogP contribution in [0.2, 0.25) is 0 Å². The molecule has 1 aromatic heterocycles. The zero-order valence-corrected chi connectivity index (χ0v) is 9.90. The summed E-state index contributed by atoms with van der Waals surface area (Å²) in [7, 11) is 0. The average Bonchev–Trinajstić information content (AvgIpc) is 2.32. The number of hydrogen-bond donors (Lipinski definition) is 0. The Morgan fingerprint density at radius 2 is 2.06 bits per heavy atom. The van der Waals surface area contributed by atoms with Crippen LogP contribution in [0.15, 0.2) is 30.3 Å². The van der Waals surface area contributed by atoms with Gasteiger partial charge in [-0.25, -0.2) is 4.98 Å². The van der Waals surface area contributed by atoms with Crippen molar-refractivity contribution in [2.24, 2.45) is 5.92 Å². The van der Waals surface area contributed by atoms with E-state index < -0.39 is 0 Å². The Hall–Kier alpha value is -1.96. The first-order chi connectivity index (χ1) is 8.15. The van der Waals surface area contributed by atoms with Gasteiger partial charge in [0.25, 0.3) is 0 Å². The van der Waals surface area contributed by atoms with Gasteiger partial charge in [-0.3, -0.25) is 4.79 Å². The first-order valence-corrected chi connectivity index (χ1v) is 5.79. The molecular weight excluding hydrogens is 210 g/mol. The summed E-state index contributed by atoms with van der Waals surface area (Å²) in [6.45, 7) is 3.96. The van der Waals surface area contributed by atoms with Crippen molar-refractivity contribution in [3.05, 3.63) is 47.2 Å². The molecule has 1 aliphatic carbocycles. The number of benzene rings is 1. The maximum Gasteiger partial charge on any atom is 0.171 e. The van der Waals surface area contributed by atoms with Crippen LogP contribution in [0.5, 0.6) is 0 Å². The Balaban J connectivity index is 2.31. The molecule has 0 N–H and O–H groups in total. The van der Waals surface area contributed by atoms with E-state index in [0.717, 1.165) is 22.2 Å². The van der Waals surface area contributed by atoms with Crippen molar-refractivity contribution in [3.8, 4) is 0 Å². The molecule has 0 bridgehead atoms. The van der Waals surface area contributed by atoms with Crippen LogP contribution in [0.4, 0.5) is 0 Å². The molecule has 17 heavy (non-hydrogen) atoms. The fourth-order valence-electron chi connectivity index (χ4n) is 2.18. The Morgan fingerprint density at radius 3 is 2.88 bits per heavy atom. The van der Waals surface area contributed by atoms with E-state index in [1.165, 1.54) is 5.56 Å². The highest BCUT2D eigenvalue weighted by Crippen LogP contribution is 2.25. The third-order valence-corrected chi connectivity index (χ3v) is 3.22. The van der Waals surface area contributed by atoms with E-state index in [-0.39, 0.29) is 11.7 Å². The number of fused-ring (bicyclic) bond motifs is 2. The maximum atomic E-state index is 12.0. The Labute approximate surface area is 100.0 Å². The van der Waals surface area contributed by atoms with Crippen molar-refractivity contribution in [2.75, 3.05) is 0 Å². The third kappa shape index (κ3) is 1.57. The zero-order valence-electron chi connectivity index (χ0n) is 9.90. The lowest BCUT2D eigenvalue weighted by molar-refractivity contribution is 0.0951. The standard InChI is InChI=1S/C15H13NO/c1-9-3-5-11-8-12-13(16-14(11)7-9)6-4-10(2)15(12)17/h3-8,10H,1-2H3. The molecule has 84 valence electrons. The van der Waals surface area contributed by atoms with Crippen molar-refractivity contribution >= 4 is 22.8 Å². The minimum absolute atomic E-state index is 0.0350. The number of aromatic nitrogens is 1. The molecule has 0 saturated carbocycles. The summed E-state index contributed by atoms with van der Waals surface area (Å²) < 4.78 is 0. The fraction of sp³-hybridized carbons (Fsp3) is 0.200. The maximum absolute atomic E-state index is 12.0. The van der Waals surface area contributed by atoms with Gasteiger partial charge in [-0.05, 0) is 30.7 Å². The number of nitrogens with zero attached hydrogens (tertiary/aromatic N) is 1. The smallest absolute Gasteiger partial charge is 0.171 e. The summed E-state index contributed by atoms with van der Waals surface area (Å²) in [4.78, 5) is 16.6. The van der Waals surface area contributed by atoms with Gasteiger partial charge >= 0.3 is 0 Å². The van der Waals surface area contributed by atoms with Gasteiger partial charge in [0, 0.05) is 16.9 Å². The highest BCUT2D eigenvalue weighted by Gasteiger charge is 2.21. The number of pyridine rings is 1. The second-order valence-electron chi connectivity index (χ2n) is 4.63. The van der Waals surface area contributed by atoms with Crippen LogP contribution < -0.4 is 0 Å². The van der Waals surface area contributed by atoms with Crippen molar-refractivity contribution < 1.29 is 4.79 Å². The molecular formula is C15H13NO. The lowest BCUT2D eigenvalue weighted by Gasteiger charge is -2.14. The molecule has 2 aromatic rings. The molecule has 3 rings (SSSR count). The number of hydrogen-bond acceptors (Lipinski definition) is 2. The van der Waals surface area contributed by atoms with Crippen LogP contribution in [0.1, 0.15) is 28.5 Å². The van der Waals surface area contributed by atoms with E-state index in [9.17, 15) is 4.79 Å². The largest absolute Gasteiger partial charge is 0.293 e. The van der Waals surface area contributed by atoms with Gasteiger partial charge in [0.2, 0.25) is 0 Å². The SMILES string of the molecule is Cc1ccc2cc3c(nc2c1)C=CC(C)C3=O. The summed E-state index contributed by atoms with van der Waals surface area (Å²) in [5, 5.41) is 1.03. The fourth-order valence-corrected chi connectivity index (χ4v) is 2.18. The van der Waals surface area contributed by atoms with E-state index in [2.05, 4.69) is 4.98 Å². The first kappa shape index (κ1) is 10.2. The number of ketones is 1. The van der Waals surface area contributed by atoms with Crippen LogP contribution in [0.3, 0.4) is 0 Å².